The first-order valence-electron chi connectivity index (χ1n) is 7.08. The second-order valence-corrected chi connectivity index (χ2v) is 9.27. The van der Waals surface area contributed by atoms with Crippen LogP contribution in [-0.4, -0.2) is 48.8 Å². The van der Waals surface area contributed by atoms with Crippen LogP contribution < -0.4 is 0 Å². The van der Waals surface area contributed by atoms with Gasteiger partial charge >= 0.3 is 20.6 Å². The minimum atomic E-state index is -6.60. The normalized spacial score (nSPS) is 28.4. The molecule has 2 rings (SSSR count). The van der Waals surface area contributed by atoms with Gasteiger partial charge in [-0.1, -0.05) is 12.8 Å². The van der Waals surface area contributed by atoms with Crippen molar-refractivity contribution in [2.24, 2.45) is 5.92 Å². The Hall–Kier alpha value is -0.460. The number of rotatable bonds is 4. The Morgan fingerprint density at radius 1 is 0.870 bits per heavy atom. The molecule has 0 spiro atoms. The number of piperidine rings is 1. The molecule has 1 aliphatic heterocycles. The van der Waals surface area contributed by atoms with Crippen molar-refractivity contribution >= 4 is 20.1 Å². The number of sulfonamides is 1. The molecule has 1 N–H and O–H groups in total. The van der Waals surface area contributed by atoms with E-state index in [0.29, 0.717) is 23.6 Å². The van der Waals surface area contributed by atoms with Gasteiger partial charge in [-0.15, -0.1) is 0 Å². The lowest BCUT2D eigenvalue weighted by atomic mass is 9.79. The predicted molar refractivity (Wildman–Crippen MR) is 72.0 cm³/mol. The maximum absolute atomic E-state index is 13.9. The fraction of sp³-hybridized carbons (Fsp3) is 1.00. The van der Waals surface area contributed by atoms with Crippen molar-refractivity contribution in [3.05, 3.63) is 0 Å². The molecule has 0 aromatic rings. The monoisotopic (exact) mass is 383 g/mol. The number of halogens is 4. The Labute approximate surface area is 131 Å². The summed E-state index contributed by atoms with van der Waals surface area (Å²) >= 11 is 0. The molecule has 1 heterocycles. The quantitative estimate of drug-likeness (QED) is 0.593. The summed E-state index contributed by atoms with van der Waals surface area (Å²) in [6.45, 7) is -0.374. The minimum absolute atomic E-state index is 0.206. The summed E-state index contributed by atoms with van der Waals surface area (Å²) < 4.78 is 108. The Balaban J connectivity index is 2.44. The second-order valence-electron chi connectivity index (χ2n) is 5.88. The lowest BCUT2D eigenvalue weighted by Crippen LogP contribution is -2.60. The van der Waals surface area contributed by atoms with E-state index in [1.807, 2.05) is 0 Å². The summed E-state index contributed by atoms with van der Waals surface area (Å²) in [5, 5.41) is -12.1. The molecule has 2 unspecified atom stereocenters. The molecule has 0 aromatic carbocycles. The highest BCUT2D eigenvalue weighted by atomic mass is 32.2. The summed E-state index contributed by atoms with van der Waals surface area (Å²) in [4.78, 5) is 0. The van der Waals surface area contributed by atoms with Gasteiger partial charge in [0.25, 0.3) is 10.0 Å². The van der Waals surface area contributed by atoms with E-state index in [1.54, 1.807) is 0 Å². The molecule has 1 saturated heterocycles. The van der Waals surface area contributed by atoms with Crippen LogP contribution in [0.5, 0.6) is 0 Å². The molecular formula is C11H17F4NO5S2. The lowest BCUT2D eigenvalue weighted by Gasteiger charge is -2.44. The number of fused-ring (bicyclic) bond motifs is 1. The van der Waals surface area contributed by atoms with E-state index in [2.05, 4.69) is 0 Å². The standard InChI is InChI=1S/C11H17F4NO5S2/c12-10(13,11(14,15)23(19,20)21)22(17,18)16-7-3-5-8-4-1-2-6-9(8)16/h8-9H,1-7H2,(H,19,20,21). The van der Waals surface area contributed by atoms with E-state index in [1.165, 1.54) is 0 Å². The number of hydrogen-bond donors (Lipinski definition) is 1. The van der Waals surface area contributed by atoms with Gasteiger partial charge in [0.2, 0.25) is 0 Å². The topological polar surface area (TPSA) is 91.7 Å². The van der Waals surface area contributed by atoms with Crippen LogP contribution in [-0.2, 0) is 20.1 Å². The van der Waals surface area contributed by atoms with Gasteiger partial charge in [-0.25, -0.2) is 8.42 Å². The molecule has 6 nitrogen and oxygen atoms in total. The molecular weight excluding hydrogens is 366 g/mol. The molecule has 0 radical (unpaired) electrons. The number of alkyl halides is 4. The Bertz CT molecular complexity index is 662. The van der Waals surface area contributed by atoms with E-state index in [-0.39, 0.29) is 25.3 Å². The van der Waals surface area contributed by atoms with Crippen LogP contribution in [0.3, 0.4) is 0 Å². The van der Waals surface area contributed by atoms with Crippen LogP contribution in [0.2, 0.25) is 0 Å². The highest BCUT2D eigenvalue weighted by molar-refractivity contribution is 7.93. The SMILES string of the molecule is O=S(=O)(O)C(F)(F)C(F)(F)S(=O)(=O)N1CCCC2CCCCC21. The zero-order chi connectivity index (χ0) is 17.7. The molecule has 2 atom stereocenters. The van der Waals surface area contributed by atoms with Gasteiger partial charge < -0.3 is 0 Å². The van der Waals surface area contributed by atoms with Crippen molar-refractivity contribution in [2.75, 3.05) is 6.54 Å². The maximum Gasteiger partial charge on any atom is 0.448 e. The zero-order valence-electron chi connectivity index (χ0n) is 12.0. The van der Waals surface area contributed by atoms with Gasteiger partial charge in [-0.2, -0.15) is 30.3 Å². The first-order valence-corrected chi connectivity index (χ1v) is 9.96. The van der Waals surface area contributed by atoms with Gasteiger partial charge in [-0.05, 0) is 31.6 Å². The molecule has 1 aliphatic carbocycles. The van der Waals surface area contributed by atoms with Gasteiger partial charge in [0.1, 0.15) is 0 Å². The molecule has 0 aromatic heterocycles. The summed E-state index contributed by atoms with van der Waals surface area (Å²) in [7, 11) is -12.6. The van der Waals surface area contributed by atoms with Crippen molar-refractivity contribution in [1.29, 1.82) is 0 Å². The largest absolute Gasteiger partial charge is 0.448 e. The van der Waals surface area contributed by atoms with Crippen molar-refractivity contribution in [2.45, 2.75) is 55.1 Å². The van der Waals surface area contributed by atoms with Crippen molar-refractivity contribution in [3.8, 4) is 0 Å². The van der Waals surface area contributed by atoms with E-state index in [9.17, 15) is 34.4 Å². The zero-order valence-corrected chi connectivity index (χ0v) is 13.6. The van der Waals surface area contributed by atoms with Gasteiger partial charge in [0, 0.05) is 12.6 Å². The van der Waals surface area contributed by atoms with Crippen LogP contribution in [0.4, 0.5) is 17.6 Å². The van der Waals surface area contributed by atoms with Crippen molar-refractivity contribution in [1.82, 2.24) is 4.31 Å². The molecule has 2 aliphatic rings. The molecule has 136 valence electrons. The molecule has 2 fully saturated rings. The molecule has 1 saturated carbocycles. The predicted octanol–water partition coefficient (Wildman–Crippen LogP) is 2.04. The number of hydrogen-bond acceptors (Lipinski definition) is 4. The first-order chi connectivity index (χ1) is 10.3. The van der Waals surface area contributed by atoms with E-state index in [0.717, 1.165) is 6.42 Å². The average Bonchev–Trinajstić information content (AvgIpc) is 2.45. The van der Waals surface area contributed by atoms with Crippen molar-refractivity contribution < 1.29 is 39.0 Å². The summed E-state index contributed by atoms with van der Waals surface area (Å²) in [6, 6.07) is -0.842. The van der Waals surface area contributed by atoms with Crippen molar-refractivity contribution in [3.63, 3.8) is 0 Å². The highest BCUT2D eigenvalue weighted by Crippen LogP contribution is 2.46. The summed E-state index contributed by atoms with van der Waals surface area (Å²) in [5.74, 6) is -0.206. The third-order valence-electron chi connectivity index (χ3n) is 4.49. The Morgan fingerprint density at radius 2 is 1.39 bits per heavy atom. The van der Waals surface area contributed by atoms with Crippen LogP contribution >= 0.6 is 0 Å². The molecule has 12 heteroatoms. The first kappa shape index (κ1) is 18.9. The number of nitrogens with zero attached hydrogens (tertiary/aromatic N) is 1. The fourth-order valence-electron chi connectivity index (χ4n) is 3.33. The highest BCUT2D eigenvalue weighted by Gasteiger charge is 2.75. The van der Waals surface area contributed by atoms with E-state index >= 15 is 0 Å². The summed E-state index contributed by atoms with van der Waals surface area (Å²) in [5.41, 5.74) is 0. The van der Waals surface area contributed by atoms with Crippen LogP contribution in [0.15, 0.2) is 0 Å². The Kier molecular flexibility index (Phi) is 4.77. The Morgan fingerprint density at radius 3 is 1.96 bits per heavy atom. The third kappa shape index (κ3) is 2.87. The van der Waals surface area contributed by atoms with Crippen LogP contribution in [0.25, 0.3) is 0 Å². The van der Waals surface area contributed by atoms with E-state index < -0.39 is 36.7 Å². The lowest BCUT2D eigenvalue weighted by molar-refractivity contribution is -0.106. The smallest absolute Gasteiger partial charge is 0.281 e. The molecule has 0 bridgehead atoms. The van der Waals surface area contributed by atoms with Crippen LogP contribution in [0.1, 0.15) is 38.5 Å². The van der Waals surface area contributed by atoms with Gasteiger partial charge in [0.15, 0.2) is 0 Å². The average molecular weight is 383 g/mol. The van der Waals surface area contributed by atoms with Gasteiger partial charge in [0.05, 0.1) is 0 Å². The van der Waals surface area contributed by atoms with Gasteiger partial charge in [-0.3, -0.25) is 4.55 Å². The minimum Gasteiger partial charge on any atom is -0.281 e. The molecule has 23 heavy (non-hydrogen) atoms. The second kappa shape index (κ2) is 5.81. The third-order valence-corrected chi connectivity index (χ3v) is 7.50. The molecule has 0 amide bonds. The van der Waals surface area contributed by atoms with Crippen LogP contribution in [0, 0.1) is 5.92 Å². The van der Waals surface area contributed by atoms with E-state index in [4.69, 9.17) is 4.55 Å². The summed E-state index contributed by atoms with van der Waals surface area (Å²) in [6.07, 6.45) is 3.08. The fourth-order valence-corrected chi connectivity index (χ4v) is 5.86. The maximum atomic E-state index is 13.9.